The van der Waals surface area contributed by atoms with E-state index in [1.165, 1.54) is 33.8 Å². The molecule has 1 unspecified atom stereocenters. The summed E-state index contributed by atoms with van der Waals surface area (Å²) in [6.07, 6.45) is 1.05. The summed E-state index contributed by atoms with van der Waals surface area (Å²) < 4.78 is 13.7. The third-order valence-corrected chi connectivity index (χ3v) is 5.61. The Morgan fingerprint density at radius 1 is 1.15 bits per heavy atom. The molecule has 0 bridgehead atoms. The number of anilines is 3. The molecule has 0 amide bonds. The minimum absolute atomic E-state index is 0.123. The number of halogens is 1. The number of hydrogen-bond donors (Lipinski definition) is 0. The molecule has 138 valence electrons. The lowest BCUT2D eigenvalue weighted by Gasteiger charge is -2.23. The highest BCUT2D eigenvalue weighted by Gasteiger charge is 2.35. The fraction of sp³-hybridized carbons (Fsp3) is 0.478. The molecular weight excluding hydrogens is 323 g/mol. The SMILES string of the molecule is Cc1cc(N2CCC(C)c3cc(F)ccc3C2)cc2c1N2CC(C)(C)C. The molecule has 2 aliphatic rings. The van der Waals surface area contributed by atoms with Gasteiger partial charge in [-0.15, -0.1) is 0 Å². The lowest BCUT2D eigenvalue weighted by molar-refractivity contribution is 0.432. The second kappa shape index (κ2) is 6.00. The Morgan fingerprint density at radius 2 is 1.92 bits per heavy atom. The van der Waals surface area contributed by atoms with Crippen molar-refractivity contribution in [2.75, 3.05) is 22.9 Å². The second-order valence-corrected chi connectivity index (χ2v) is 9.23. The molecule has 0 saturated carbocycles. The molecule has 2 aromatic carbocycles. The van der Waals surface area contributed by atoms with Crippen molar-refractivity contribution in [1.29, 1.82) is 0 Å². The van der Waals surface area contributed by atoms with Crippen molar-refractivity contribution in [2.24, 2.45) is 5.41 Å². The summed E-state index contributed by atoms with van der Waals surface area (Å²) in [6.45, 7) is 14.2. The van der Waals surface area contributed by atoms with Gasteiger partial charge in [-0.1, -0.05) is 33.8 Å². The minimum Gasteiger partial charge on any atom is -0.367 e. The van der Waals surface area contributed by atoms with Gasteiger partial charge in [0.1, 0.15) is 5.82 Å². The van der Waals surface area contributed by atoms with Crippen LogP contribution < -0.4 is 9.80 Å². The molecule has 0 saturated heterocycles. The first-order valence-electron chi connectivity index (χ1n) is 9.68. The standard InChI is InChI=1S/C23H29FN2/c1-15-8-9-25(13-17-6-7-18(24)11-20(15)17)19-10-16(2)22-21(12-19)26(22)14-23(3,4)5/h6-7,10-12,15H,8-9,13-14H2,1-5H3. The molecule has 26 heavy (non-hydrogen) atoms. The van der Waals surface area contributed by atoms with Crippen LogP contribution in [0.4, 0.5) is 21.5 Å². The van der Waals surface area contributed by atoms with Crippen LogP contribution in [-0.2, 0) is 6.54 Å². The number of hydrogen-bond acceptors (Lipinski definition) is 2. The van der Waals surface area contributed by atoms with Crippen LogP contribution >= 0.6 is 0 Å². The highest BCUT2D eigenvalue weighted by Crippen LogP contribution is 2.53. The normalized spacial score (nSPS) is 19.1. The molecule has 0 aromatic heterocycles. The van der Waals surface area contributed by atoms with Gasteiger partial charge in [0, 0.05) is 25.3 Å². The van der Waals surface area contributed by atoms with Gasteiger partial charge in [0.15, 0.2) is 0 Å². The average molecular weight is 352 g/mol. The van der Waals surface area contributed by atoms with Crippen LogP contribution in [0.15, 0.2) is 30.3 Å². The van der Waals surface area contributed by atoms with Gasteiger partial charge in [-0.3, -0.25) is 0 Å². The van der Waals surface area contributed by atoms with E-state index in [1.807, 2.05) is 6.07 Å². The summed E-state index contributed by atoms with van der Waals surface area (Å²) in [6, 6.07) is 9.95. The Balaban J connectivity index is 1.62. The molecule has 0 aliphatic carbocycles. The predicted octanol–water partition coefficient (Wildman–Crippen LogP) is 6.15. The molecule has 0 fully saturated rings. The van der Waals surface area contributed by atoms with Crippen molar-refractivity contribution in [1.82, 2.24) is 0 Å². The lowest BCUT2D eigenvalue weighted by atomic mass is 9.94. The second-order valence-electron chi connectivity index (χ2n) is 9.23. The van der Waals surface area contributed by atoms with Crippen LogP contribution in [0.25, 0.3) is 0 Å². The summed E-state index contributed by atoms with van der Waals surface area (Å²) in [7, 11) is 0. The van der Waals surface area contributed by atoms with Gasteiger partial charge >= 0.3 is 0 Å². The molecule has 0 N–H and O–H groups in total. The highest BCUT2D eigenvalue weighted by molar-refractivity contribution is 5.97. The fourth-order valence-corrected chi connectivity index (χ4v) is 4.25. The van der Waals surface area contributed by atoms with Gasteiger partial charge in [0.05, 0.1) is 11.4 Å². The van der Waals surface area contributed by atoms with E-state index in [0.717, 1.165) is 26.1 Å². The Hall–Kier alpha value is -2.03. The molecule has 2 aliphatic heterocycles. The van der Waals surface area contributed by atoms with Crippen molar-refractivity contribution in [3.8, 4) is 0 Å². The van der Waals surface area contributed by atoms with E-state index in [-0.39, 0.29) is 11.2 Å². The lowest BCUT2D eigenvalue weighted by Crippen LogP contribution is -2.22. The van der Waals surface area contributed by atoms with E-state index in [0.29, 0.717) is 5.92 Å². The molecule has 2 heterocycles. The number of benzene rings is 2. The highest BCUT2D eigenvalue weighted by atomic mass is 19.1. The van der Waals surface area contributed by atoms with E-state index in [2.05, 4.69) is 56.6 Å². The number of fused-ring (bicyclic) bond motifs is 2. The van der Waals surface area contributed by atoms with Gasteiger partial charge in [0.2, 0.25) is 0 Å². The Kier molecular flexibility index (Phi) is 4.02. The van der Waals surface area contributed by atoms with Crippen LogP contribution in [0.2, 0.25) is 0 Å². The van der Waals surface area contributed by atoms with Crippen molar-refractivity contribution in [2.45, 2.75) is 53.5 Å². The van der Waals surface area contributed by atoms with E-state index in [1.54, 1.807) is 12.1 Å². The molecule has 0 radical (unpaired) electrons. The molecule has 2 aromatic rings. The minimum atomic E-state index is -0.123. The molecule has 2 nitrogen and oxygen atoms in total. The molecular formula is C23H29FN2. The van der Waals surface area contributed by atoms with Crippen LogP contribution in [0.3, 0.4) is 0 Å². The monoisotopic (exact) mass is 352 g/mol. The summed E-state index contributed by atoms with van der Waals surface area (Å²) in [5, 5.41) is 0. The fourth-order valence-electron chi connectivity index (χ4n) is 4.25. The van der Waals surface area contributed by atoms with Crippen molar-refractivity contribution >= 4 is 17.1 Å². The maximum Gasteiger partial charge on any atom is 0.123 e. The maximum atomic E-state index is 13.7. The zero-order chi connectivity index (χ0) is 18.6. The van der Waals surface area contributed by atoms with Crippen LogP contribution in [0, 0.1) is 18.2 Å². The van der Waals surface area contributed by atoms with Gasteiger partial charge in [-0.05, 0) is 65.6 Å². The third-order valence-electron chi connectivity index (χ3n) is 5.61. The Morgan fingerprint density at radius 3 is 2.65 bits per heavy atom. The third kappa shape index (κ3) is 3.20. The van der Waals surface area contributed by atoms with Crippen molar-refractivity contribution < 1.29 is 4.39 Å². The van der Waals surface area contributed by atoms with Gasteiger partial charge < -0.3 is 9.80 Å². The summed E-state index contributed by atoms with van der Waals surface area (Å²) in [5.74, 6) is 0.273. The smallest absolute Gasteiger partial charge is 0.123 e. The first-order chi connectivity index (χ1) is 12.2. The molecule has 4 rings (SSSR count). The van der Waals surface area contributed by atoms with E-state index >= 15 is 0 Å². The Labute approximate surface area is 156 Å². The predicted molar refractivity (Wildman–Crippen MR) is 108 cm³/mol. The van der Waals surface area contributed by atoms with E-state index in [4.69, 9.17) is 0 Å². The average Bonchev–Trinajstić information content (AvgIpc) is 3.25. The summed E-state index contributed by atoms with van der Waals surface area (Å²) in [5.41, 5.74) is 8.16. The van der Waals surface area contributed by atoms with Crippen LogP contribution in [0.5, 0.6) is 0 Å². The largest absolute Gasteiger partial charge is 0.367 e. The van der Waals surface area contributed by atoms with Crippen LogP contribution in [-0.4, -0.2) is 13.1 Å². The van der Waals surface area contributed by atoms with Gasteiger partial charge in [0.25, 0.3) is 0 Å². The van der Waals surface area contributed by atoms with E-state index in [9.17, 15) is 4.39 Å². The topological polar surface area (TPSA) is 6.25 Å². The maximum absolute atomic E-state index is 13.7. The first kappa shape index (κ1) is 17.4. The zero-order valence-corrected chi connectivity index (χ0v) is 16.6. The van der Waals surface area contributed by atoms with E-state index < -0.39 is 0 Å². The zero-order valence-electron chi connectivity index (χ0n) is 16.6. The quantitative estimate of drug-likeness (QED) is 0.598. The van der Waals surface area contributed by atoms with Crippen LogP contribution in [0.1, 0.15) is 56.7 Å². The molecule has 1 atom stereocenters. The number of nitrogens with zero attached hydrogens (tertiary/aromatic N) is 2. The Bertz CT molecular complexity index is 850. The van der Waals surface area contributed by atoms with Gasteiger partial charge in [-0.25, -0.2) is 4.39 Å². The number of aryl methyl sites for hydroxylation is 1. The number of rotatable bonds is 2. The van der Waals surface area contributed by atoms with Crippen molar-refractivity contribution in [3.63, 3.8) is 0 Å². The summed E-state index contributed by atoms with van der Waals surface area (Å²) in [4.78, 5) is 4.91. The molecule has 3 heteroatoms. The summed E-state index contributed by atoms with van der Waals surface area (Å²) >= 11 is 0. The molecule has 0 spiro atoms. The van der Waals surface area contributed by atoms with Gasteiger partial charge in [-0.2, -0.15) is 0 Å². The first-order valence-corrected chi connectivity index (χ1v) is 9.68. The van der Waals surface area contributed by atoms with Crippen molar-refractivity contribution in [3.05, 3.63) is 52.8 Å².